The number of halogens is 1. The van der Waals surface area contributed by atoms with Gasteiger partial charge in [-0.05, 0) is 31.5 Å². The van der Waals surface area contributed by atoms with Crippen molar-refractivity contribution in [3.05, 3.63) is 52.0 Å². The highest BCUT2D eigenvalue weighted by atomic mass is 35.5. The number of pyridine rings is 1. The summed E-state index contributed by atoms with van der Waals surface area (Å²) in [7, 11) is 1.80. The largest absolute Gasteiger partial charge is 0.466 e. The van der Waals surface area contributed by atoms with Gasteiger partial charge >= 0.3 is 0 Å². The molecular formula is C20H18ClN5O2S. The van der Waals surface area contributed by atoms with Crippen LogP contribution in [0.2, 0.25) is 5.02 Å². The molecule has 0 saturated carbocycles. The lowest BCUT2D eigenvalue weighted by Gasteiger charge is -2.05. The van der Waals surface area contributed by atoms with Crippen molar-refractivity contribution >= 4 is 45.0 Å². The maximum atomic E-state index is 12.3. The Hall–Kier alpha value is -2.97. The number of ether oxygens (including phenoxy) is 1. The first-order chi connectivity index (χ1) is 13.9. The molecule has 3 aromatic heterocycles. The Balaban J connectivity index is 1.45. The van der Waals surface area contributed by atoms with Crippen molar-refractivity contribution in [2.75, 3.05) is 11.9 Å². The van der Waals surface area contributed by atoms with E-state index in [-0.39, 0.29) is 12.5 Å². The smallest absolute Gasteiger partial charge is 0.264 e. The van der Waals surface area contributed by atoms with Crippen molar-refractivity contribution in [1.82, 2.24) is 19.7 Å². The van der Waals surface area contributed by atoms with Crippen molar-refractivity contribution in [1.29, 1.82) is 0 Å². The van der Waals surface area contributed by atoms with Gasteiger partial charge in [0.25, 0.3) is 5.91 Å². The summed E-state index contributed by atoms with van der Waals surface area (Å²) < 4.78 is 7.33. The molecule has 0 unspecified atom stereocenters. The van der Waals surface area contributed by atoms with Gasteiger partial charge in [0.2, 0.25) is 5.88 Å². The quantitative estimate of drug-likeness (QED) is 0.511. The number of nitrogens with zero attached hydrogens (tertiary/aromatic N) is 4. The van der Waals surface area contributed by atoms with Gasteiger partial charge in [-0.15, -0.1) is 16.4 Å². The number of rotatable bonds is 5. The average molecular weight is 428 g/mol. The summed E-state index contributed by atoms with van der Waals surface area (Å²) in [5.74, 6) is 0.0696. The van der Waals surface area contributed by atoms with Crippen LogP contribution in [0, 0.1) is 13.8 Å². The molecule has 4 rings (SSSR count). The van der Waals surface area contributed by atoms with Gasteiger partial charge in [-0.3, -0.25) is 10.1 Å². The highest BCUT2D eigenvalue weighted by molar-refractivity contribution is 7.14. The van der Waals surface area contributed by atoms with E-state index >= 15 is 0 Å². The molecule has 0 fully saturated rings. The summed E-state index contributed by atoms with van der Waals surface area (Å²) >= 11 is 7.53. The van der Waals surface area contributed by atoms with Crippen LogP contribution < -0.4 is 10.1 Å². The van der Waals surface area contributed by atoms with E-state index in [4.69, 9.17) is 16.3 Å². The van der Waals surface area contributed by atoms with Crippen LogP contribution in [0.1, 0.15) is 11.3 Å². The first-order valence-electron chi connectivity index (χ1n) is 8.86. The molecule has 148 valence electrons. The van der Waals surface area contributed by atoms with Gasteiger partial charge in [-0.1, -0.05) is 29.8 Å². The zero-order valence-corrected chi connectivity index (χ0v) is 17.6. The number of fused-ring (bicyclic) bond motifs is 1. The van der Waals surface area contributed by atoms with Crippen molar-refractivity contribution < 1.29 is 9.53 Å². The first kappa shape index (κ1) is 19.4. The summed E-state index contributed by atoms with van der Waals surface area (Å²) in [4.78, 5) is 21.3. The maximum Gasteiger partial charge on any atom is 0.264 e. The average Bonchev–Trinajstić information content (AvgIpc) is 3.25. The van der Waals surface area contributed by atoms with Crippen LogP contribution in [0.25, 0.3) is 22.3 Å². The molecule has 4 aromatic rings. The van der Waals surface area contributed by atoms with Crippen LogP contribution >= 0.6 is 22.9 Å². The molecule has 0 aliphatic rings. The van der Waals surface area contributed by atoms with E-state index in [0.717, 1.165) is 27.9 Å². The van der Waals surface area contributed by atoms with E-state index in [0.29, 0.717) is 21.7 Å². The second-order valence-corrected chi connectivity index (χ2v) is 7.83. The molecule has 7 nitrogen and oxygen atoms in total. The topological polar surface area (TPSA) is 81.9 Å². The molecule has 0 bridgehead atoms. The van der Waals surface area contributed by atoms with Crippen LogP contribution in [0.3, 0.4) is 0 Å². The Labute approximate surface area is 176 Å². The van der Waals surface area contributed by atoms with Crippen molar-refractivity contribution in [2.45, 2.75) is 13.8 Å². The summed E-state index contributed by atoms with van der Waals surface area (Å²) in [6.45, 7) is 3.72. The summed E-state index contributed by atoms with van der Waals surface area (Å²) in [6, 6.07) is 9.40. The number of carbonyl (C=O) groups is 1. The van der Waals surface area contributed by atoms with Gasteiger partial charge in [-0.25, -0.2) is 14.6 Å². The number of hydrogen-bond acceptors (Lipinski definition) is 6. The summed E-state index contributed by atoms with van der Waals surface area (Å²) in [6.07, 6.45) is 0. The number of benzene rings is 1. The number of thiazole rings is 1. The third-order valence-electron chi connectivity index (χ3n) is 4.33. The normalized spacial score (nSPS) is 11.0. The zero-order valence-electron chi connectivity index (χ0n) is 16.1. The van der Waals surface area contributed by atoms with Crippen molar-refractivity contribution in [3.8, 4) is 17.1 Å². The minimum Gasteiger partial charge on any atom is -0.466 e. The molecule has 1 aromatic carbocycles. The van der Waals surface area contributed by atoms with Gasteiger partial charge in [0.05, 0.1) is 11.1 Å². The molecule has 0 aliphatic carbocycles. The van der Waals surface area contributed by atoms with Gasteiger partial charge < -0.3 is 4.74 Å². The first-order valence-corrected chi connectivity index (χ1v) is 10.1. The molecule has 29 heavy (non-hydrogen) atoms. The van der Waals surface area contributed by atoms with Crippen LogP contribution in [0.15, 0.2) is 35.7 Å². The lowest BCUT2D eigenvalue weighted by atomic mass is 10.2. The number of amides is 1. The van der Waals surface area contributed by atoms with Gasteiger partial charge in [0, 0.05) is 28.7 Å². The number of nitrogens with one attached hydrogen (secondary N) is 1. The van der Waals surface area contributed by atoms with Crippen molar-refractivity contribution in [2.24, 2.45) is 7.05 Å². The molecule has 1 N–H and O–H groups in total. The van der Waals surface area contributed by atoms with Crippen molar-refractivity contribution in [3.63, 3.8) is 0 Å². The highest BCUT2D eigenvalue weighted by Crippen LogP contribution is 2.30. The van der Waals surface area contributed by atoms with E-state index in [2.05, 4.69) is 20.4 Å². The van der Waals surface area contributed by atoms with E-state index < -0.39 is 0 Å². The summed E-state index contributed by atoms with van der Waals surface area (Å²) in [5, 5.41) is 10.8. The number of aryl methyl sites for hydroxylation is 3. The van der Waals surface area contributed by atoms with Gasteiger partial charge in [-0.2, -0.15) is 0 Å². The van der Waals surface area contributed by atoms with Crippen LogP contribution in [0.4, 0.5) is 5.13 Å². The third kappa shape index (κ3) is 3.94. The molecule has 1 amide bonds. The van der Waals surface area contributed by atoms with E-state index in [1.165, 1.54) is 11.3 Å². The molecule has 0 atom stereocenters. The maximum absolute atomic E-state index is 12.3. The van der Waals surface area contributed by atoms with Crippen LogP contribution in [0.5, 0.6) is 5.88 Å². The minimum atomic E-state index is -0.318. The SMILES string of the molecule is Cc1cc(C)c2c(OCC(=O)Nc3nc(-c4ccccc4Cl)cs3)nn(C)c2n1. The molecule has 3 heterocycles. The Morgan fingerprint density at radius 2 is 2.07 bits per heavy atom. The predicted molar refractivity (Wildman–Crippen MR) is 115 cm³/mol. The van der Waals surface area contributed by atoms with E-state index in [9.17, 15) is 4.79 Å². The molecule has 0 radical (unpaired) electrons. The molecule has 0 spiro atoms. The monoisotopic (exact) mass is 427 g/mol. The van der Waals surface area contributed by atoms with E-state index in [1.54, 1.807) is 17.8 Å². The fourth-order valence-electron chi connectivity index (χ4n) is 3.06. The highest BCUT2D eigenvalue weighted by Gasteiger charge is 2.16. The van der Waals surface area contributed by atoms with Crippen LogP contribution in [-0.4, -0.2) is 32.3 Å². The molecule has 0 saturated heterocycles. The Morgan fingerprint density at radius 3 is 2.86 bits per heavy atom. The standard InChI is InChI=1S/C20H18ClN5O2S/c1-11-8-12(2)22-18-17(11)19(25-26(18)3)28-9-16(27)24-20-23-15(10-29-20)13-6-4-5-7-14(13)21/h4-8,10H,9H2,1-3H3,(H,23,24,27). The Morgan fingerprint density at radius 1 is 1.28 bits per heavy atom. The molecule has 9 heteroatoms. The zero-order chi connectivity index (χ0) is 20.5. The number of aromatic nitrogens is 4. The predicted octanol–water partition coefficient (Wildman–Crippen LogP) is 4.38. The fraction of sp³-hybridized carbons (Fsp3) is 0.200. The van der Waals surface area contributed by atoms with Crippen LogP contribution in [-0.2, 0) is 11.8 Å². The second kappa shape index (κ2) is 7.81. The number of carbonyl (C=O) groups excluding carboxylic acids is 1. The second-order valence-electron chi connectivity index (χ2n) is 6.56. The van der Waals surface area contributed by atoms with E-state index in [1.807, 2.05) is 43.5 Å². The third-order valence-corrected chi connectivity index (χ3v) is 5.41. The Kier molecular flexibility index (Phi) is 5.21. The Bertz CT molecular complexity index is 1220. The van der Waals surface area contributed by atoms with Gasteiger partial charge in [0.15, 0.2) is 17.4 Å². The molecular weight excluding hydrogens is 410 g/mol. The lowest BCUT2D eigenvalue weighted by molar-refractivity contribution is -0.118. The summed E-state index contributed by atoms with van der Waals surface area (Å²) in [5.41, 5.74) is 4.16. The van der Waals surface area contributed by atoms with Gasteiger partial charge in [0.1, 0.15) is 0 Å². The number of hydrogen-bond donors (Lipinski definition) is 1. The number of anilines is 1. The minimum absolute atomic E-state index is 0.180. The fourth-order valence-corrected chi connectivity index (χ4v) is 4.02. The lowest BCUT2D eigenvalue weighted by Crippen LogP contribution is -2.20. The molecule has 0 aliphatic heterocycles.